The molecule has 0 aliphatic carbocycles. The van der Waals surface area contributed by atoms with Crippen LogP contribution >= 0.6 is 11.6 Å². The average molecular weight is 312 g/mol. The summed E-state index contributed by atoms with van der Waals surface area (Å²) >= 11 is 5.64. The van der Waals surface area contributed by atoms with Crippen molar-refractivity contribution in [3.63, 3.8) is 0 Å². The molecule has 0 fully saturated rings. The number of hydrogen-bond acceptors (Lipinski definition) is 4. The van der Waals surface area contributed by atoms with Crippen molar-refractivity contribution in [2.45, 2.75) is 17.4 Å². The molecule has 1 atom stereocenters. The smallest absolute Gasteiger partial charge is 0.321 e. The largest absolute Gasteiger partial charge is 0.480 e. The van der Waals surface area contributed by atoms with E-state index >= 15 is 0 Å². The number of carboxylic acid groups (broad SMARTS) is 1. The maximum atomic E-state index is 13.0. The number of rotatable bonds is 6. The second kappa shape index (κ2) is 6.29. The second-order valence-corrected chi connectivity index (χ2v) is 5.69. The van der Waals surface area contributed by atoms with Crippen molar-refractivity contribution in [2.24, 2.45) is 0 Å². The molecule has 1 rings (SSSR count). The number of benzene rings is 1. The molecule has 0 aliphatic rings. The summed E-state index contributed by atoms with van der Waals surface area (Å²) in [6.45, 7) is -0.517. The molecular weight excluding hydrogens is 301 g/mol. The van der Waals surface area contributed by atoms with Crippen molar-refractivity contribution < 1.29 is 27.8 Å². The van der Waals surface area contributed by atoms with Crippen molar-refractivity contribution in [3.05, 3.63) is 29.0 Å². The first-order valence-electron chi connectivity index (χ1n) is 5.09. The van der Waals surface area contributed by atoms with E-state index in [-0.39, 0.29) is 11.4 Å². The topological polar surface area (TPSA) is 104 Å². The number of sulfonamides is 1. The Morgan fingerprint density at radius 1 is 1.47 bits per heavy atom. The van der Waals surface area contributed by atoms with Gasteiger partial charge in [-0.2, -0.15) is 4.72 Å². The first-order valence-corrected chi connectivity index (χ1v) is 6.95. The number of halogens is 2. The van der Waals surface area contributed by atoms with Crippen LogP contribution in [-0.2, 0) is 14.8 Å². The number of carboxylic acids is 1. The summed E-state index contributed by atoms with van der Waals surface area (Å²) in [5.74, 6) is -2.27. The number of aliphatic hydroxyl groups excluding tert-OH is 1. The van der Waals surface area contributed by atoms with Crippen LogP contribution in [0.4, 0.5) is 4.39 Å². The predicted octanol–water partition coefficient (Wildman–Crippen LogP) is 0.593. The van der Waals surface area contributed by atoms with Crippen molar-refractivity contribution in [1.29, 1.82) is 0 Å². The summed E-state index contributed by atoms with van der Waals surface area (Å²) in [4.78, 5) is 10.2. The molecule has 0 amide bonds. The quantitative estimate of drug-likeness (QED) is 0.713. The lowest BCUT2D eigenvalue weighted by Gasteiger charge is -2.14. The van der Waals surface area contributed by atoms with E-state index in [1.54, 1.807) is 0 Å². The first kappa shape index (κ1) is 15.8. The number of nitrogens with one attached hydrogen (secondary N) is 1. The minimum Gasteiger partial charge on any atom is -0.480 e. The van der Waals surface area contributed by atoms with Gasteiger partial charge in [-0.1, -0.05) is 11.6 Å². The Balaban J connectivity index is 3.10. The SMILES string of the molecule is O=C(O)[C@@H](CCO)NS(=O)(=O)c1cc(F)ccc1Cl. The van der Waals surface area contributed by atoms with Crippen LogP contribution in [-0.4, -0.2) is 37.2 Å². The molecule has 3 N–H and O–H groups in total. The van der Waals surface area contributed by atoms with Crippen LogP contribution in [0.25, 0.3) is 0 Å². The molecule has 6 nitrogen and oxygen atoms in total. The number of hydrogen-bond donors (Lipinski definition) is 3. The third kappa shape index (κ3) is 4.13. The van der Waals surface area contributed by atoms with E-state index < -0.39 is 39.4 Å². The molecule has 0 aromatic heterocycles. The van der Waals surface area contributed by atoms with Gasteiger partial charge < -0.3 is 10.2 Å². The van der Waals surface area contributed by atoms with Crippen LogP contribution in [0.3, 0.4) is 0 Å². The maximum absolute atomic E-state index is 13.0. The fraction of sp³-hybridized carbons (Fsp3) is 0.300. The molecule has 0 saturated heterocycles. The zero-order chi connectivity index (χ0) is 14.6. The lowest BCUT2D eigenvalue weighted by molar-refractivity contribution is -0.139. The van der Waals surface area contributed by atoms with Gasteiger partial charge in [-0.3, -0.25) is 4.79 Å². The summed E-state index contributed by atoms with van der Waals surface area (Å²) in [6.07, 6.45) is -0.318. The Hall–Kier alpha value is -1.22. The van der Waals surface area contributed by atoms with Gasteiger partial charge in [0.15, 0.2) is 0 Å². The molecule has 1 aromatic carbocycles. The molecule has 0 unspecified atom stereocenters. The van der Waals surface area contributed by atoms with Crippen molar-refractivity contribution >= 4 is 27.6 Å². The standard InChI is InChI=1S/C10H11ClFNO5S/c11-7-2-1-6(12)5-9(7)19(17,18)13-8(3-4-14)10(15)16/h1-2,5,8,13-14H,3-4H2,(H,15,16)/t8-/m1/s1. The van der Waals surface area contributed by atoms with Gasteiger partial charge >= 0.3 is 5.97 Å². The van der Waals surface area contributed by atoms with Gasteiger partial charge in [-0.05, 0) is 24.6 Å². The Morgan fingerprint density at radius 3 is 2.63 bits per heavy atom. The lowest BCUT2D eigenvalue weighted by atomic mass is 10.2. The van der Waals surface area contributed by atoms with Crippen molar-refractivity contribution in [3.8, 4) is 0 Å². The fourth-order valence-electron chi connectivity index (χ4n) is 1.30. The van der Waals surface area contributed by atoms with Gasteiger partial charge in [0.1, 0.15) is 16.8 Å². The fourth-order valence-corrected chi connectivity index (χ4v) is 3.03. The summed E-state index contributed by atoms with van der Waals surface area (Å²) in [5, 5.41) is 17.2. The van der Waals surface area contributed by atoms with Crippen LogP contribution in [0.15, 0.2) is 23.1 Å². The highest BCUT2D eigenvalue weighted by atomic mass is 35.5. The molecule has 106 valence electrons. The molecular formula is C10H11ClFNO5S. The van der Waals surface area contributed by atoms with E-state index in [1.807, 2.05) is 4.72 Å². The molecule has 0 saturated carbocycles. The van der Waals surface area contributed by atoms with E-state index in [0.717, 1.165) is 12.1 Å². The van der Waals surface area contributed by atoms with Gasteiger partial charge in [0, 0.05) is 6.61 Å². The van der Waals surface area contributed by atoms with Crippen LogP contribution < -0.4 is 4.72 Å². The highest BCUT2D eigenvalue weighted by molar-refractivity contribution is 7.89. The van der Waals surface area contributed by atoms with Crippen LogP contribution in [0, 0.1) is 5.82 Å². The Bertz CT molecular complexity index is 577. The molecule has 0 aliphatic heterocycles. The third-order valence-corrected chi connectivity index (χ3v) is 4.15. The van der Waals surface area contributed by atoms with Crippen LogP contribution in [0.5, 0.6) is 0 Å². The van der Waals surface area contributed by atoms with E-state index in [4.69, 9.17) is 21.8 Å². The number of aliphatic carboxylic acids is 1. The van der Waals surface area contributed by atoms with Crippen molar-refractivity contribution in [2.75, 3.05) is 6.61 Å². The Labute approximate surface area is 113 Å². The van der Waals surface area contributed by atoms with E-state index in [9.17, 15) is 17.6 Å². The normalized spacial score (nSPS) is 13.2. The maximum Gasteiger partial charge on any atom is 0.321 e. The van der Waals surface area contributed by atoms with Gasteiger partial charge in [-0.15, -0.1) is 0 Å². The molecule has 0 radical (unpaired) electrons. The Kier molecular flexibility index (Phi) is 5.24. The van der Waals surface area contributed by atoms with Crippen LogP contribution in [0.2, 0.25) is 5.02 Å². The molecule has 0 heterocycles. The van der Waals surface area contributed by atoms with E-state index in [2.05, 4.69) is 0 Å². The number of carbonyl (C=O) groups is 1. The van der Waals surface area contributed by atoms with Crippen LogP contribution in [0.1, 0.15) is 6.42 Å². The zero-order valence-corrected chi connectivity index (χ0v) is 11.1. The van der Waals surface area contributed by atoms with Gasteiger partial charge in [0.05, 0.1) is 5.02 Å². The minimum absolute atomic E-state index is 0.234. The molecule has 0 spiro atoms. The zero-order valence-electron chi connectivity index (χ0n) is 9.51. The predicted molar refractivity (Wildman–Crippen MR) is 64.9 cm³/mol. The van der Waals surface area contributed by atoms with Gasteiger partial charge in [0.2, 0.25) is 10.0 Å². The van der Waals surface area contributed by atoms with Crippen molar-refractivity contribution in [1.82, 2.24) is 4.72 Å². The molecule has 0 bridgehead atoms. The van der Waals surface area contributed by atoms with E-state index in [0.29, 0.717) is 6.07 Å². The average Bonchev–Trinajstić information content (AvgIpc) is 2.31. The van der Waals surface area contributed by atoms with E-state index in [1.165, 1.54) is 0 Å². The Morgan fingerprint density at radius 2 is 2.11 bits per heavy atom. The summed E-state index contributed by atoms with van der Waals surface area (Å²) < 4.78 is 38.6. The summed E-state index contributed by atoms with van der Waals surface area (Å²) in [7, 11) is -4.29. The summed E-state index contributed by atoms with van der Waals surface area (Å²) in [5.41, 5.74) is 0. The first-order chi connectivity index (χ1) is 8.77. The highest BCUT2D eigenvalue weighted by Gasteiger charge is 2.26. The molecule has 9 heteroatoms. The summed E-state index contributed by atoms with van der Waals surface area (Å²) in [6, 6.07) is 1.19. The molecule has 1 aromatic rings. The second-order valence-electron chi connectivity index (χ2n) is 3.60. The molecule has 19 heavy (non-hydrogen) atoms. The van der Waals surface area contributed by atoms with Gasteiger partial charge in [0.25, 0.3) is 0 Å². The minimum atomic E-state index is -4.29. The number of aliphatic hydroxyl groups is 1. The highest BCUT2D eigenvalue weighted by Crippen LogP contribution is 2.22. The monoisotopic (exact) mass is 311 g/mol. The van der Waals surface area contributed by atoms with Gasteiger partial charge in [-0.25, -0.2) is 12.8 Å². The third-order valence-electron chi connectivity index (χ3n) is 2.20. The lowest BCUT2D eigenvalue weighted by Crippen LogP contribution is -2.41.